The zero-order valence-electron chi connectivity index (χ0n) is 18.6. The lowest BCUT2D eigenvalue weighted by Gasteiger charge is -2.19. The molecule has 0 aliphatic heterocycles. The van der Waals surface area contributed by atoms with E-state index >= 15 is 0 Å². The number of carbonyl (C=O) groups excluding carboxylic acids is 1. The number of carbonyl (C=O) groups is 1. The summed E-state index contributed by atoms with van der Waals surface area (Å²) < 4.78 is 40.4. The van der Waals surface area contributed by atoms with Gasteiger partial charge in [-0.15, -0.1) is 0 Å². The fourth-order valence-electron chi connectivity index (χ4n) is 3.92. The number of nitrogens with two attached hydrogens (primary N) is 1. The van der Waals surface area contributed by atoms with E-state index in [4.69, 9.17) is 5.73 Å². The van der Waals surface area contributed by atoms with Crippen LogP contribution in [0.3, 0.4) is 0 Å². The highest BCUT2D eigenvalue weighted by Crippen LogP contribution is 2.38. The average Bonchev–Trinajstić information content (AvgIpc) is 2.86. The first-order chi connectivity index (χ1) is 16.7. The molecule has 0 fully saturated rings. The maximum Gasteiger partial charge on any atom is 0.417 e. The van der Waals surface area contributed by atoms with Gasteiger partial charge in [-0.1, -0.05) is 49.4 Å². The van der Waals surface area contributed by atoms with Crippen molar-refractivity contribution in [2.75, 3.05) is 5.32 Å². The van der Waals surface area contributed by atoms with E-state index in [1.165, 1.54) is 18.3 Å². The molecule has 176 valence electrons. The van der Waals surface area contributed by atoms with Crippen molar-refractivity contribution < 1.29 is 18.0 Å². The zero-order chi connectivity index (χ0) is 25.2. The van der Waals surface area contributed by atoms with E-state index in [0.717, 1.165) is 6.07 Å². The van der Waals surface area contributed by atoms with E-state index in [2.05, 4.69) is 21.4 Å². The largest absolute Gasteiger partial charge is 0.417 e. The minimum atomic E-state index is -4.49. The number of pyridine rings is 2. The van der Waals surface area contributed by atoms with Gasteiger partial charge >= 0.3 is 6.18 Å². The van der Waals surface area contributed by atoms with Crippen LogP contribution in [-0.2, 0) is 11.0 Å². The Bertz CT molecular complexity index is 1440. The van der Waals surface area contributed by atoms with Crippen LogP contribution >= 0.6 is 0 Å². The Labute approximate surface area is 199 Å². The highest BCUT2D eigenvalue weighted by atomic mass is 19.4. The number of hydrogen-bond acceptors (Lipinski definition) is 5. The molecule has 1 amide bonds. The molecule has 1 atom stereocenters. The molecular formula is C26H20F3N5O. The van der Waals surface area contributed by atoms with Crippen molar-refractivity contribution in [3.63, 3.8) is 0 Å². The van der Waals surface area contributed by atoms with Gasteiger partial charge in [0.1, 0.15) is 17.7 Å². The summed E-state index contributed by atoms with van der Waals surface area (Å²) in [5.41, 5.74) is 7.10. The number of nitrogens with one attached hydrogen (secondary N) is 1. The van der Waals surface area contributed by atoms with E-state index < -0.39 is 23.7 Å². The Hall–Kier alpha value is -4.45. The van der Waals surface area contributed by atoms with Gasteiger partial charge in [-0.3, -0.25) is 9.78 Å². The number of anilines is 1. The third-order valence-electron chi connectivity index (χ3n) is 5.67. The minimum Gasteiger partial charge on any atom is -0.372 e. The molecule has 0 saturated carbocycles. The molecule has 0 radical (unpaired) electrons. The number of nitriles is 1. The molecule has 2 aromatic carbocycles. The van der Waals surface area contributed by atoms with Gasteiger partial charge in [0.15, 0.2) is 0 Å². The summed E-state index contributed by atoms with van der Waals surface area (Å²) in [5.74, 6) is -0.565. The quantitative estimate of drug-likeness (QED) is 0.382. The van der Waals surface area contributed by atoms with Crippen LogP contribution in [0.4, 0.5) is 18.9 Å². The number of rotatable bonds is 6. The van der Waals surface area contributed by atoms with Gasteiger partial charge in [-0.25, -0.2) is 4.98 Å². The highest BCUT2D eigenvalue weighted by molar-refractivity contribution is 5.99. The molecule has 0 aliphatic carbocycles. The molecule has 0 spiro atoms. The first-order valence-electron chi connectivity index (χ1n) is 10.7. The molecule has 35 heavy (non-hydrogen) atoms. The van der Waals surface area contributed by atoms with Crippen molar-refractivity contribution in [2.45, 2.75) is 25.6 Å². The molecule has 4 rings (SSSR count). The van der Waals surface area contributed by atoms with E-state index in [1.807, 2.05) is 0 Å². The smallest absolute Gasteiger partial charge is 0.372 e. The molecule has 2 heterocycles. The van der Waals surface area contributed by atoms with E-state index in [0.29, 0.717) is 39.8 Å². The number of nitrogens with zero attached hydrogens (tertiary/aromatic N) is 3. The third-order valence-corrected chi connectivity index (χ3v) is 5.67. The molecule has 4 aromatic rings. The lowest BCUT2D eigenvalue weighted by Crippen LogP contribution is -2.35. The van der Waals surface area contributed by atoms with E-state index in [9.17, 15) is 23.2 Å². The second-order valence-electron chi connectivity index (χ2n) is 7.84. The molecule has 0 unspecified atom stereocenters. The zero-order valence-corrected chi connectivity index (χ0v) is 18.6. The van der Waals surface area contributed by atoms with Gasteiger partial charge in [0, 0.05) is 17.1 Å². The average molecular weight is 475 g/mol. The van der Waals surface area contributed by atoms with Gasteiger partial charge in [0.25, 0.3) is 0 Å². The summed E-state index contributed by atoms with van der Waals surface area (Å²) in [6.07, 6.45) is -1.01. The number of amides is 1. The van der Waals surface area contributed by atoms with Crippen LogP contribution in [0.15, 0.2) is 67.0 Å². The number of primary amides is 1. The summed E-state index contributed by atoms with van der Waals surface area (Å²) in [5, 5.41) is 13.7. The number of halogens is 3. The monoisotopic (exact) mass is 475 g/mol. The van der Waals surface area contributed by atoms with Crippen LogP contribution in [0.2, 0.25) is 0 Å². The molecule has 0 aliphatic rings. The minimum absolute atomic E-state index is 0.0531. The first-order valence-corrected chi connectivity index (χ1v) is 10.7. The van der Waals surface area contributed by atoms with Gasteiger partial charge < -0.3 is 11.1 Å². The topological polar surface area (TPSA) is 105 Å². The highest BCUT2D eigenvalue weighted by Gasteiger charge is 2.33. The number of benzene rings is 2. The van der Waals surface area contributed by atoms with Crippen molar-refractivity contribution in [1.82, 2.24) is 9.97 Å². The SMILES string of the molecule is CC[C@@H](Nc1c(C#N)c(-c2ccc(-c3ccccc3C(F)(F)F)cc2)nc2cnccc12)C(N)=O. The normalized spacial score (nSPS) is 12.2. The second kappa shape index (κ2) is 9.43. The summed E-state index contributed by atoms with van der Waals surface area (Å²) in [6, 6.07) is 14.8. The van der Waals surface area contributed by atoms with Gasteiger partial charge in [-0.2, -0.15) is 18.4 Å². The molecule has 0 saturated heterocycles. The summed E-state index contributed by atoms with van der Waals surface area (Å²) in [6.45, 7) is 1.79. The fraction of sp³-hybridized carbons (Fsp3) is 0.154. The third kappa shape index (κ3) is 4.64. The molecule has 3 N–H and O–H groups in total. The van der Waals surface area contributed by atoms with Crippen molar-refractivity contribution >= 4 is 22.5 Å². The Morgan fingerprint density at radius 1 is 1.11 bits per heavy atom. The predicted molar refractivity (Wildman–Crippen MR) is 127 cm³/mol. The maximum absolute atomic E-state index is 13.5. The van der Waals surface area contributed by atoms with Crippen LogP contribution in [-0.4, -0.2) is 21.9 Å². The Kier molecular flexibility index (Phi) is 6.38. The van der Waals surface area contributed by atoms with Crippen LogP contribution in [0.1, 0.15) is 24.5 Å². The summed E-state index contributed by atoms with van der Waals surface area (Å²) in [7, 11) is 0. The molecular weight excluding hydrogens is 455 g/mol. The standard InChI is InChI=1S/C26H20F3N5O/c1-2-21(25(31)35)33-24-18-11-12-32-14-22(18)34-23(19(24)13-30)16-9-7-15(8-10-16)17-5-3-4-6-20(17)26(27,28)29/h3-12,14,21H,2H2,1H3,(H2,31,35)(H,33,34)/t21-/m1/s1. The molecule has 0 bridgehead atoms. The number of alkyl halides is 3. The first kappa shape index (κ1) is 23.7. The Balaban J connectivity index is 1.86. The summed E-state index contributed by atoms with van der Waals surface area (Å²) in [4.78, 5) is 20.6. The van der Waals surface area contributed by atoms with Crippen molar-refractivity contribution in [1.29, 1.82) is 5.26 Å². The lowest BCUT2D eigenvalue weighted by molar-refractivity contribution is -0.137. The maximum atomic E-state index is 13.5. The van der Waals surface area contributed by atoms with Crippen LogP contribution in [0.5, 0.6) is 0 Å². The van der Waals surface area contributed by atoms with Gasteiger partial charge in [-0.05, 0) is 29.7 Å². The second-order valence-corrected chi connectivity index (χ2v) is 7.84. The number of hydrogen-bond donors (Lipinski definition) is 2. The summed E-state index contributed by atoms with van der Waals surface area (Å²) >= 11 is 0. The Morgan fingerprint density at radius 2 is 1.80 bits per heavy atom. The molecule has 9 heteroatoms. The van der Waals surface area contributed by atoms with Crippen LogP contribution in [0, 0.1) is 11.3 Å². The fourth-order valence-corrected chi connectivity index (χ4v) is 3.92. The Morgan fingerprint density at radius 3 is 2.43 bits per heavy atom. The van der Waals surface area contributed by atoms with Crippen molar-refractivity contribution in [3.05, 3.63) is 78.1 Å². The number of fused-ring (bicyclic) bond motifs is 1. The van der Waals surface area contributed by atoms with Crippen molar-refractivity contribution in [3.8, 4) is 28.5 Å². The predicted octanol–water partition coefficient (Wildman–Crippen LogP) is 5.53. The van der Waals surface area contributed by atoms with Gasteiger partial charge in [0.05, 0.1) is 28.7 Å². The van der Waals surface area contributed by atoms with E-state index in [1.54, 1.807) is 49.5 Å². The molecule has 6 nitrogen and oxygen atoms in total. The van der Waals surface area contributed by atoms with Crippen LogP contribution < -0.4 is 11.1 Å². The van der Waals surface area contributed by atoms with Gasteiger partial charge in [0.2, 0.25) is 5.91 Å². The van der Waals surface area contributed by atoms with Crippen LogP contribution in [0.25, 0.3) is 33.3 Å². The lowest BCUT2D eigenvalue weighted by atomic mass is 9.96. The van der Waals surface area contributed by atoms with E-state index in [-0.39, 0.29) is 11.1 Å². The molecule has 2 aromatic heterocycles. The number of aromatic nitrogens is 2. The van der Waals surface area contributed by atoms with Crippen molar-refractivity contribution in [2.24, 2.45) is 5.73 Å².